The van der Waals surface area contributed by atoms with E-state index >= 15 is 0 Å². The molecule has 1 aliphatic rings. The first-order chi connectivity index (χ1) is 13.2. The maximum atomic E-state index is 12.9. The molecule has 0 N–H and O–H groups in total. The van der Waals surface area contributed by atoms with Gasteiger partial charge in [0.1, 0.15) is 5.75 Å². The molecule has 1 amide bonds. The zero-order valence-corrected chi connectivity index (χ0v) is 15.6. The SMILES string of the molecule is CCOc1ccccc1N1CCN(C(=O)c2cccnc2C(=O)OC)CC1. The van der Waals surface area contributed by atoms with Crippen LogP contribution in [0.4, 0.5) is 5.69 Å². The van der Waals surface area contributed by atoms with Crippen LogP contribution in [0.2, 0.25) is 0 Å². The zero-order chi connectivity index (χ0) is 19.2. The van der Waals surface area contributed by atoms with Gasteiger partial charge in [-0.1, -0.05) is 12.1 Å². The first-order valence-corrected chi connectivity index (χ1v) is 8.95. The summed E-state index contributed by atoms with van der Waals surface area (Å²) in [5, 5.41) is 0. The van der Waals surface area contributed by atoms with Crippen molar-refractivity contribution < 1.29 is 19.1 Å². The predicted octanol–water partition coefficient (Wildman–Crippen LogP) is 2.23. The number of ether oxygens (including phenoxy) is 2. The Kier molecular flexibility index (Phi) is 5.90. The fourth-order valence-corrected chi connectivity index (χ4v) is 3.15. The van der Waals surface area contributed by atoms with Crippen molar-refractivity contribution in [2.45, 2.75) is 6.92 Å². The average molecular weight is 369 g/mol. The minimum Gasteiger partial charge on any atom is -0.492 e. The van der Waals surface area contributed by atoms with Crippen molar-refractivity contribution in [3.05, 3.63) is 53.9 Å². The van der Waals surface area contributed by atoms with Crippen molar-refractivity contribution in [2.24, 2.45) is 0 Å². The first kappa shape index (κ1) is 18.7. The fourth-order valence-electron chi connectivity index (χ4n) is 3.15. The molecule has 0 bridgehead atoms. The summed E-state index contributed by atoms with van der Waals surface area (Å²) in [6, 6.07) is 11.2. The number of nitrogens with zero attached hydrogens (tertiary/aromatic N) is 3. The number of para-hydroxylation sites is 2. The number of aromatic nitrogens is 1. The monoisotopic (exact) mass is 369 g/mol. The van der Waals surface area contributed by atoms with Gasteiger partial charge < -0.3 is 19.3 Å². The Morgan fingerprint density at radius 1 is 1.07 bits per heavy atom. The Labute approximate surface area is 158 Å². The minimum absolute atomic E-state index is 0.0501. The van der Waals surface area contributed by atoms with E-state index in [1.807, 2.05) is 31.2 Å². The number of anilines is 1. The lowest BCUT2D eigenvalue weighted by atomic mass is 10.1. The average Bonchev–Trinajstić information content (AvgIpc) is 2.73. The standard InChI is InChI=1S/C20H23N3O4/c1-3-27-17-9-5-4-8-16(17)22-11-13-23(14-12-22)19(24)15-7-6-10-21-18(15)20(25)26-2/h4-10H,3,11-14H2,1-2H3. The minimum atomic E-state index is -0.608. The fraction of sp³-hybridized carbons (Fsp3) is 0.350. The van der Waals surface area contributed by atoms with E-state index in [4.69, 9.17) is 9.47 Å². The second kappa shape index (κ2) is 8.53. The first-order valence-electron chi connectivity index (χ1n) is 8.95. The van der Waals surface area contributed by atoms with Crippen LogP contribution in [-0.4, -0.2) is 61.7 Å². The molecule has 0 unspecified atom stereocenters. The van der Waals surface area contributed by atoms with Gasteiger partial charge in [0.25, 0.3) is 5.91 Å². The van der Waals surface area contributed by atoms with Gasteiger partial charge in [-0.05, 0) is 31.2 Å². The van der Waals surface area contributed by atoms with Gasteiger partial charge in [-0.25, -0.2) is 9.78 Å². The van der Waals surface area contributed by atoms with Crippen molar-refractivity contribution in [1.29, 1.82) is 0 Å². The zero-order valence-electron chi connectivity index (χ0n) is 15.6. The summed E-state index contributed by atoms with van der Waals surface area (Å²) >= 11 is 0. The quantitative estimate of drug-likeness (QED) is 0.753. The largest absolute Gasteiger partial charge is 0.492 e. The van der Waals surface area contributed by atoms with Crippen LogP contribution < -0.4 is 9.64 Å². The molecule has 2 aromatic rings. The molecule has 1 aromatic heterocycles. The van der Waals surface area contributed by atoms with Crippen molar-refractivity contribution >= 4 is 17.6 Å². The van der Waals surface area contributed by atoms with E-state index in [9.17, 15) is 9.59 Å². The number of benzene rings is 1. The number of piperazine rings is 1. The van der Waals surface area contributed by atoms with Gasteiger partial charge in [-0.2, -0.15) is 0 Å². The van der Waals surface area contributed by atoms with Gasteiger partial charge in [0.05, 0.1) is 25.0 Å². The highest BCUT2D eigenvalue weighted by Gasteiger charge is 2.27. The van der Waals surface area contributed by atoms with Gasteiger partial charge in [0.2, 0.25) is 0 Å². The third-order valence-corrected chi connectivity index (χ3v) is 4.49. The number of carbonyl (C=O) groups is 2. The summed E-state index contributed by atoms with van der Waals surface area (Å²) in [5.41, 5.74) is 1.35. The molecular weight excluding hydrogens is 346 g/mol. The lowest BCUT2D eigenvalue weighted by Crippen LogP contribution is -2.49. The van der Waals surface area contributed by atoms with Gasteiger partial charge >= 0.3 is 5.97 Å². The van der Waals surface area contributed by atoms with Crippen LogP contribution in [0.1, 0.15) is 27.8 Å². The number of pyridine rings is 1. The molecule has 142 valence electrons. The Hall–Kier alpha value is -3.09. The summed E-state index contributed by atoms with van der Waals surface area (Å²) in [7, 11) is 1.28. The second-order valence-corrected chi connectivity index (χ2v) is 6.07. The van der Waals surface area contributed by atoms with Gasteiger partial charge in [0, 0.05) is 32.4 Å². The number of rotatable bonds is 5. The van der Waals surface area contributed by atoms with Crippen molar-refractivity contribution in [3.8, 4) is 5.75 Å². The van der Waals surface area contributed by atoms with Crippen LogP contribution in [0.5, 0.6) is 5.75 Å². The lowest BCUT2D eigenvalue weighted by molar-refractivity contribution is 0.0582. The smallest absolute Gasteiger partial charge is 0.357 e. The molecule has 1 fully saturated rings. The van der Waals surface area contributed by atoms with Gasteiger partial charge in [0.15, 0.2) is 5.69 Å². The lowest BCUT2D eigenvalue weighted by Gasteiger charge is -2.36. The maximum absolute atomic E-state index is 12.9. The van der Waals surface area contributed by atoms with Crippen LogP contribution in [0.3, 0.4) is 0 Å². The topological polar surface area (TPSA) is 72.0 Å². The van der Waals surface area contributed by atoms with E-state index in [2.05, 4.69) is 9.88 Å². The predicted molar refractivity (Wildman–Crippen MR) is 101 cm³/mol. The highest BCUT2D eigenvalue weighted by atomic mass is 16.5. The maximum Gasteiger partial charge on any atom is 0.357 e. The molecule has 0 spiro atoms. The molecule has 0 radical (unpaired) electrons. The highest BCUT2D eigenvalue weighted by Crippen LogP contribution is 2.29. The summed E-state index contributed by atoms with van der Waals surface area (Å²) < 4.78 is 10.4. The number of amides is 1. The molecule has 1 aromatic carbocycles. The van der Waals surface area contributed by atoms with Crippen molar-refractivity contribution in [1.82, 2.24) is 9.88 Å². The molecular formula is C20H23N3O4. The molecule has 1 aliphatic heterocycles. The van der Waals surface area contributed by atoms with Gasteiger partial charge in [-0.3, -0.25) is 4.79 Å². The van der Waals surface area contributed by atoms with Crippen molar-refractivity contribution in [2.75, 3.05) is 44.8 Å². The van der Waals surface area contributed by atoms with E-state index in [1.165, 1.54) is 13.3 Å². The molecule has 7 nitrogen and oxygen atoms in total. The van der Waals surface area contributed by atoms with Crippen LogP contribution in [0, 0.1) is 0 Å². The van der Waals surface area contributed by atoms with E-state index in [0.717, 1.165) is 11.4 Å². The molecule has 0 aliphatic carbocycles. The Balaban J connectivity index is 1.72. The third kappa shape index (κ3) is 4.02. The summed E-state index contributed by atoms with van der Waals surface area (Å²) in [5.74, 6) is 0.0319. The van der Waals surface area contributed by atoms with E-state index in [-0.39, 0.29) is 17.2 Å². The van der Waals surface area contributed by atoms with Crippen LogP contribution in [-0.2, 0) is 4.74 Å². The van der Waals surface area contributed by atoms with E-state index < -0.39 is 5.97 Å². The molecule has 27 heavy (non-hydrogen) atoms. The van der Waals surface area contributed by atoms with Crippen LogP contribution >= 0.6 is 0 Å². The summed E-state index contributed by atoms with van der Waals surface area (Å²) in [6.07, 6.45) is 1.48. The van der Waals surface area contributed by atoms with Gasteiger partial charge in [-0.15, -0.1) is 0 Å². The van der Waals surface area contributed by atoms with Crippen LogP contribution in [0.25, 0.3) is 0 Å². The number of methoxy groups -OCH3 is 1. The number of hydrogen-bond acceptors (Lipinski definition) is 6. The Morgan fingerprint density at radius 2 is 1.81 bits per heavy atom. The second-order valence-electron chi connectivity index (χ2n) is 6.07. The Morgan fingerprint density at radius 3 is 2.52 bits per heavy atom. The van der Waals surface area contributed by atoms with Crippen molar-refractivity contribution in [3.63, 3.8) is 0 Å². The number of carbonyl (C=O) groups excluding carboxylic acids is 2. The third-order valence-electron chi connectivity index (χ3n) is 4.49. The molecule has 0 saturated carbocycles. The normalized spacial score (nSPS) is 14.0. The highest BCUT2D eigenvalue weighted by molar-refractivity contribution is 6.04. The molecule has 0 atom stereocenters. The summed E-state index contributed by atoms with van der Waals surface area (Å²) in [6.45, 7) is 5.03. The molecule has 3 rings (SSSR count). The summed E-state index contributed by atoms with van der Waals surface area (Å²) in [4.78, 5) is 32.7. The molecule has 2 heterocycles. The van der Waals surface area contributed by atoms with E-state index in [1.54, 1.807) is 17.0 Å². The number of hydrogen-bond donors (Lipinski definition) is 0. The Bertz CT molecular complexity index is 816. The molecule has 1 saturated heterocycles. The number of esters is 1. The van der Waals surface area contributed by atoms with E-state index in [0.29, 0.717) is 32.8 Å². The van der Waals surface area contributed by atoms with Crippen LogP contribution in [0.15, 0.2) is 42.6 Å². The molecule has 7 heteroatoms.